The number of fused-ring (bicyclic) bond motifs is 1. The van der Waals surface area contributed by atoms with Crippen LogP contribution in [0.4, 0.5) is 4.39 Å². The van der Waals surface area contributed by atoms with Gasteiger partial charge in [-0.25, -0.2) is 17.8 Å². The van der Waals surface area contributed by atoms with Crippen LogP contribution in [0.5, 0.6) is 5.75 Å². The number of methoxy groups -OCH3 is 1. The van der Waals surface area contributed by atoms with E-state index in [0.717, 1.165) is 23.3 Å². The third-order valence-corrected chi connectivity index (χ3v) is 6.81. The average Bonchev–Trinajstić information content (AvgIpc) is 3.25. The third kappa shape index (κ3) is 4.20. The van der Waals surface area contributed by atoms with Crippen LogP contribution < -0.4 is 4.74 Å². The van der Waals surface area contributed by atoms with E-state index >= 15 is 0 Å². The van der Waals surface area contributed by atoms with Crippen molar-refractivity contribution in [3.05, 3.63) is 90.1 Å². The molecule has 158 valence electrons. The van der Waals surface area contributed by atoms with E-state index in [0.29, 0.717) is 12.0 Å². The standard InChI is InChI=1S/C23H19FN2O4S/c1-30-21-14-18(24)6-10-22(21)31(28,29)19-7-2-16(3-8-19)4-9-20(27)17-5-11-23-25-12-13-26(23)15-17/h2-3,5-8,10-15H,4,9H2,1H3. The summed E-state index contributed by atoms with van der Waals surface area (Å²) in [6.45, 7) is 0. The van der Waals surface area contributed by atoms with Gasteiger partial charge in [0.1, 0.15) is 22.1 Å². The number of ketones is 1. The van der Waals surface area contributed by atoms with Crippen LogP contribution in [0.15, 0.2) is 83.0 Å². The predicted molar refractivity (Wildman–Crippen MR) is 113 cm³/mol. The van der Waals surface area contributed by atoms with Gasteiger partial charge in [0.15, 0.2) is 5.78 Å². The number of imidazole rings is 1. The molecule has 0 aliphatic carbocycles. The fourth-order valence-electron chi connectivity index (χ4n) is 3.31. The molecule has 0 unspecified atom stereocenters. The highest BCUT2D eigenvalue weighted by Gasteiger charge is 2.22. The van der Waals surface area contributed by atoms with Crippen molar-refractivity contribution in [2.24, 2.45) is 0 Å². The number of hydrogen-bond acceptors (Lipinski definition) is 5. The third-order valence-electron chi connectivity index (χ3n) is 5.00. The molecule has 0 fully saturated rings. The van der Waals surface area contributed by atoms with Gasteiger partial charge < -0.3 is 9.14 Å². The van der Waals surface area contributed by atoms with Crippen LogP contribution in [0.2, 0.25) is 0 Å². The Morgan fingerprint density at radius 3 is 2.61 bits per heavy atom. The molecule has 0 saturated heterocycles. The minimum absolute atomic E-state index is 0.0108. The van der Waals surface area contributed by atoms with Crippen LogP contribution in [-0.4, -0.2) is 30.7 Å². The molecule has 0 aliphatic heterocycles. The number of ether oxygens (including phenoxy) is 1. The highest BCUT2D eigenvalue weighted by molar-refractivity contribution is 7.91. The van der Waals surface area contributed by atoms with Gasteiger partial charge >= 0.3 is 0 Å². The smallest absolute Gasteiger partial charge is 0.210 e. The molecule has 0 aliphatic rings. The highest BCUT2D eigenvalue weighted by atomic mass is 32.2. The first-order chi connectivity index (χ1) is 14.9. The summed E-state index contributed by atoms with van der Waals surface area (Å²) < 4.78 is 46.0. The van der Waals surface area contributed by atoms with Crippen LogP contribution in [0.3, 0.4) is 0 Å². The molecule has 0 bridgehead atoms. The minimum atomic E-state index is -3.87. The van der Waals surface area contributed by atoms with Crippen LogP contribution in [-0.2, 0) is 16.3 Å². The van der Waals surface area contributed by atoms with E-state index in [2.05, 4.69) is 4.98 Å². The molecule has 0 radical (unpaired) electrons. The second-order valence-electron chi connectivity index (χ2n) is 6.98. The summed E-state index contributed by atoms with van der Waals surface area (Å²) in [6, 6.07) is 13.2. The van der Waals surface area contributed by atoms with E-state index in [1.807, 2.05) is 0 Å². The largest absolute Gasteiger partial charge is 0.495 e. The Hall–Kier alpha value is -3.52. The molecule has 6 nitrogen and oxygen atoms in total. The van der Waals surface area contributed by atoms with E-state index in [1.165, 1.54) is 25.3 Å². The number of sulfone groups is 1. The summed E-state index contributed by atoms with van der Waals surface area (Å²) in [5.41, 5.74) is 2.20. The van der Waals surface area contributed by atoms with Crippen LogP contribution in [0.1, 0.15) is 22.3 Å². The second-order valence-corrected chi connectivity index (χ2v) is 8.89. The summed E-state index contributed by atoms with van der Waals surface area (Å²) in [6.07, 6.45) is 5.96. The Morgan fingerprint density at radius 1 is 1.10 bits per heavy atom. The van der Waals surface area contributed by atoms with Crippen molar-refractivity contribution in [2.45, 2.75) is 22.6 Å². The quantitative estimate of drug-likeness (QED) is 0.320. The maximum Gasteiger partial charge on any atom is 0.210 e. The van der Waals surface area contributed by atoms with E-state index in [4.69, 9.17) is 4.74 Å². The Kier molecular flexibility index (Phi) is 5.56. The number of Topliss-reactive ketones (excluding diaryl/α,β-unsaturated/α-hetero) is 1. The first kappa shape index (κ1) is 20.7. The fraction of sp³-hybridized carbons (Fsp3) is 0.130. The summed E-state index contributed by atoms with van der Waals surface area (Å²) >= 11 is 0. The maximum absolute atomic E-state index is 13.4. The van der Waals surface area contributed by atoms with Crippen molar-refractivity contribution in [2.75, 3.05) is 7.11 Å². The van der Waals surface area contributed by atoms with E-state index in [1.54, 1.807) is 47.3 Å². The number of carbonyl (C=O) groups excluding carboxylic acids is 1. The van der Waals surface area contributed by atoms with Crippen LogP contribution >= 0.6 is 0 Å². The zero-order chi connectivity index (χ0) is 22.0. The first-order valence-corrected chi connectivity index (χ1v) is 11.0. The number of carbonyl (C=O) groups is 1. The van der Waals surface area contributed by atoms with Gasteiger partial charge in [0.05, 0.1) is 12.0 Å². The Balaban J connectivity index is 1.48. The second kappa shape index (κ2) is 8.31. The number of aromatic nitrogens is 2. The van der Waals surface area contributed by atoms with Gasteiger partial charge in [0.25, 0.3) is 0 Å². The Labute approximate surface area is 178 Å². The van der Waals surface area contributed by atoms with Crippen molar-refractivity contribution >= 4 is 21.3 Å². The summed E-state index contributed by atoms with van der Waals surface area (Å²) in [7, 11) is -2.58. The van der Waals surface area contributed by atoms with Crippen molar-refractivity contribution in [1.29, 1.82) is 0 Å². The predicted octanol–water partition coefficient (Wildman–Crippen LogP) is 4.13. The zero-order valence-corrected chi connectivity index (χ0v) is 17.5. The number of pyridine rings is 1. The van der Waals surface area contributed by atoms with Crippen molar-refractivity contribution in [3.8, 4) is 5.75 Å². The van der Waals surface area contributed by atoms with E-state index in [-0.39, 0.29) is 27.7 Å². The maximum atomic E-state index is 13.4. The molecule has 2 heterocycles. The molecule has 2 aromatic heterocycles. The lowest BCUT2D eigenvalue weighted by Crippen LogP contribution is -2.05. The normalized spacial score (nSPS) is 11.5. The van der Waals surface area contributed by atoms with Crippen molar-refractivity contribution in [3.63, 3.8) is 0 Å². The van der Waals surface area contributed by atoms with Gasteiger partial charge in [-0.1, -0.05) is 12.1 Å². The molecule has 2 aromatic carbocycles. The summed E-state index contributed by atoms with van der Waals surface area (Å²) in [4.78, 5) is 16.6. The Bertz CT molecular complexity index is 1360. The topological polar surface area (TPSA) is 77.7 Å². The molecule has 0 saturated carbocycles. The minimum Gasteiger partial charge on any atom is -0.495 e. The number of halogens is 1. The Morgan fingerprint density at radius 2 is 1.87 bits per heavy atom. The van der Waals surface area contributed by atoms with Gasteiger partial charge in [0.2, 0.25) is 9.84 Å². The highest BCUT2D eigenvalue weighted by Crippen LogP contribution is 2.30. The summed E-state index contributed by atoms with van der Waals surface area (Å²) in [5, 5.41) is 0. The van der Waals surface area contributed by atoms with Crippen molar-refractivity contribution in [1.82, 2.24) is 9.38 Å². The molecule has 31 heavy (non-hydrogen) atoms. The molecule has 8 heteroatoms. The average molecular weight is 438 g/mol. The lowest BCUT2D eigenvalue weighted by atomic mass is 10.0. The van der Waals surface area contributed by atoms with Gasteiger partial charge in [-0.3, -0.25) is 4.79 Å². The van der Waals surface area contributed by atoms with E-state index in [9.17, 15) is 17.6 Å². The SMILES string of the molecule is COc1cc(F)ccc1S(=O)(=O)c1ccc(CCC(=O)c2ccc3nccn3c2)cc1. The van der Waals surface area contributed by atoms with Gasteiger partial charge in [-0.15, -0.1) is 0 Å². The molecular formula is C23H19FN2O4S. The molecule has 0 spiro atoms. The molecule has 0 N–H and O–H groups in total. The van der Waals surface area contributed by atoms with Gasteiger partial charge in [-0.05, 0) is 48.4 Å². The summed E-state index contributed by atoms with van der Waals surface area (Å²) in [5.74, 6) is -0.643. The lowest BCUT2D eigenvalue weighted by Gasteiger charge is -2.10. The lowest BCUT2D eigenvalue weighted by molar-refractivity contribution is 0.0982. The molecule has 0 atom stereocenters. The van der Waals surface area contributed by atoms with Crippen LogP contribution in [0.25, 0.3) is 5.65 Å². The van der Waals surface area contributed by atoms with Crippen molar-refractivity contribution < 1.29 is 22.3 Å². The first-order valence-electron chi connectivity index (χ1n) is 9.52. The fourth-order valence-corrected chi connectivity index (χ4v) is 4.72. The van der Waals surface area contributed by atoms with E-state index < -0.39 is 15.7 Å². The number of aryl methyl sites for hydroxylation is 1. The molecule has 4 aromatic rings. The number of benzene rings is 2. The molecular weight excluding hydrogens is 419 g/mol. The number of hydrogen-bond donors (Lipinski definition) is 0. The molecule has 4 rings (SSSR count). The zero-order valence-electron chi connectivity index (χ0n) is 16.7. The molecule has 0 amide bonds. The van der Waals surface area contributed by atoms with Gasteiger partial charge in [-0.2, -0.15) is 0 Å². The van der Waals surface area contributed by atoms with Crippen LogP contribution in [0, 0.1) is 5.82 Å². The number of rotatable bonds is 7. The monoisotopic (exact) mass is 438 g/mol. The van der Waals surface area contributed by atoms with Gasteiger partial charge in [0, 0.05) is 36.6 Å². The number of nitrogens with zero attached hydrogens (tertiary/aromatic N) is 2.